The normalized spacial score (nSPS) is 10.5. The van der Waals surface area contributed by atoms with Crippen LogP contribution in [0.4, 0.5) is 10.1 Å². The average Bonchev–Trinajstić information content (AvgIpc) is 2.67. The van der Waals surface area contributed by atoms with Gasteiger partial charge in [0.1, 0.15) is 18.1 Å². The highest BCUT2D eigenvalue weighted by Gasteiger charge is 2.09. The number of amides is 1. The lowest BCUT2D eigenvalue weighted by molar-refractivity contribution is -0.116. The Labute approximate surface area is 165 Å². The molecule has 1 heterocycles. The summed E-state index contributed by atoms with van der Waals surface area (Å²) in [6.07, 6.45) is 1.31. The summed E-state index contributed by atoms with van der Waals surface area (Å²) < 4.78 is 19.7. The minimum atomic E-state index is -0.579. The fourth-order valence-corrected chi connectivity index (χ4v) is 2.70. The van der Waals surface area contributed by atoms with Gasteiger partial charge in [-0.25, -0.2) is 9.37 Å². The second-order valence-electron chi connectivity index (χ2n) is 5.87. The van der Waals surface area contributed by atoms with E-state index in [1.165, 1.54) is 29.1 Å². The van der Waals surface area contributed by atoms with Crippen molar-refractivity contribution < 1.29 is 13.9 Å². The van der Waals surface area contributed by atoms with Crippen LogP contribution in [0, 0.1) is 5.82 Å². The number of nitrogens with one attached hydrogen (secondary N) is 1. The molecule has 8 heteroatoms. The predicted octanol–water partition coefficient (Wildman–Crippen LogP) is 3.74. The van der Waals surface area contributed by atoms with E-state index >= 15 is 0 Å². The number of halogens is 2. The van der Waals surface area contributed by atoms with E-state index in [-0.39, 0.29) is 17.1 Å². The molecule has 0 atom stereocenters. The van der Waals surface area contributed by atoms with Crippen LogP contribution in [0.5, 0.6) is 5.75 Å². The summed E-state index contributed by atoms with van der Waals surface area (Å²) >= 11 is 5.69. The van der Waals surface area contributed by atoms with Crippen molar-refractivity contribution in [1.29, 1.82) is 0 Å². The summed E-state index contributed by atoms with van der Waals surface area (Å²) in [6.45, 7) is 2.24. The maximum absolute atomic E-state index is 13.2. The first kappa shape index (κ1) is 19.6. The smallest absolute Gasteiger partial charge is 0.254 e. The van der Waals surface area contributed by atoms with E-state index in [1.54, 1.807) is 12.1 Å². The molecule has 0 fully saturated rings. The molecule has 0 spiro atoms. The third-order valence-electron chi connectivity index (χ3n) is 3.86. The maximum atomic E-state index is 13.2. The highest BCUT2D eigenvalue weighted by molar-refractivity contribution is 6.31. The highest BCUT2D eigenvalue weighted by Crippen LogP contribution is 2.20. The summed E-state index contributed by atoms with van der Waals surface area (Å²) in [6, 6.07) is 12.4. The number of aromatic nitrogens is 2. The van der Waals surface area contributed by atoms with Gasteiger partial charge < -0.3 is 10.1 Å². The number of ether oxygens (including phenoxy) is 1. The molecule has 0 aliphatic rings. The van der Waals surface area contributed by atoms with Crippen LogP contribution in [0.3, 0.4) is 0 Å². The molecular weight excluding hydrogens is 385 g/mol. The minimum absolute atomic E-state index is 0.101. The number of carbonyl (C=O) groups excluding carboxylic acids is 1. The Bertz CT molecular complexity index is 1050. The summed E-state index contributed by atoms with van der Waals surface area (Å²) in [5, 5.41) is 2.46. The Morgan fingerprint density at radius 3 is 2.61 bits per heavy atom. The number of anilines is 1. The molecule has 0 saturated heterocycles. The average molecular weight is 402 g/mol. The zero-order chi connectivity index (χ0) is 20.1. The number of hydrogen-bond acceptors (Lipinski definition) is 4. The van der Waals surface area contributed by atoms with Crippen LogP contribution in [0.15, 0.2) is 59.7 Å². The van der Waals surface area contributed by atoms with Crippen LogP contribution < -0.4 is 15.6 Å². The largest absolute Gasteiger partial charge is 0.494 e. The van der Waals surface area contributed by atoms with Crippen LogP contribution >= 0.6 is 11.6 Å². The van der Waals surface area contributed by atoms with Crippen molar-refractivity contribution in [2.75, 3.05) is 11.9 Å². The van der Waals surface area contributed by atoms with E-state index in [1.807, 2.05) is 19.1 Å². The second-order valence-corrected chi connectivity index (χ2v) is 6.28. The first-order chi connectivity index (χ1) is 13.5. The molecule has 2 aromatic carbocycles. The number of nitrogens with zero attached hydrogens (tertiary/aromatic N) is 2. The first-order valence-electron chi connectivity index (χ1n) is 8.51. The Morgan fingerprint density at radius 2 is 1.96 bits per heavy atom. The van der Waals surface area contributed by atoms with Gasteiger partial charge in [-0.15, -0.1) is 0 Å². The number of carbonyl (C=O) groups is 1. The summed E-state index contributed by atoms with van der Waals surface area (Å²) in [5.41, 5.74) is 1.22. The summed E-state index contributed by atoms with van der Waals surface area (Å²) in [7, 11) is 0. The van der Waals surface area contributed by atoms with Gasteiger partial charge in [0, 0.05) is 17.3 Å². The standard InChI is InChI=1S/C20H17ClFN3O3/c1-2-28-15-6-3-13(4-7-15)18-10-20(27)25(12-23-18)11-19(26)24-14-5-8-17(22)16(21)9-14/h3-10,12H,2,11H2,1H3,(H,24,26). The molecule has 1 aromatic heterocycles. The van der Waals surface area contributed by atoms with Gasteiger partial charge >= 0.3 is 0 Å². The molecule has 0 aliphatic heterocycles. The van der Waals surface area contributed by atoms with Crippen molar-refractivity contribution >= 4 is 23.2 Å². The van der Waals surface area contributed by atoms with Crippen LogP contribution in [0.2, 0.25) is 5.02 Å². The van der Waals surface area contributed by atoms with Crippen molar-refractivity contribution in [3.8, 4) is 17.0 Å². The van der Waals surface area contributed by atoms with E-state index < -0.39 is 11.7 Å². The molecule has 1 N–H and O–H groups in total. The van der Waals surface area contributed by atoms with Crippen LogP contribution in [-0.2, 0) is 11.3 Å². The molecule has 0 bridgehead atoms. The lowest BCUT2D eigenvalue weighted by Crippen LogP contribution is -2.27. The van der Waals surface area contributed by atoms with E-state index in [9.17, 15) is 14.0 Å². The van der Waals surface area contributed by atoms with E-state index in [0.717, 1.165) is 17.4 Å². The van der Waals surface area contributed by atoms with Crippen LogP contribution in [0.1, 0.15) is 6.92 Å². The van der Waals surface area contributed by atoms with Gasteiger partial charge in [-0.2, -0.15) is 0 Å². The fraction of sp³-hybridized carbons (Fsp3) is 0.150. The quantitative estimate of drug-likeness (QED) is 0.682. The zero-order valence-corrected chi connectivity index (χ0v) is 15.7. The Morgan fingerprint density at radius 1 is 1.21 bits per heavy atom. The van der Waals surface area contributed by atoms with E-state index in [0.29, 0.717) is 18.0 Å². The Hall–Kier alpha value is -3.19. The second kappa shape index (κ2) is 8.67. The van der Waals surface area contributed by atoms with Gasteiger partial charge in [0.05, 0.1) is 23.7 Å². The van der Waals surface area contributed by atoms with Gasteiger partial charge in [0.2, 0.25) is 5.91 Å². The van der Waals surface area contributed by atoms with Crippen molar-refractivity contribution in [3.05, 3.63) is 76.1 Å². The maximum Gasteiger partial charge on any atom is 0.254 e. The summed E-state index contributed by atoms with van der Waals surface area (Å²) in [5.74, 6) is -0.303. The van der Waals surface area contributed by atoms with Gasteiger partial charge in [-0.05, 0) is 49.4 Å². The third kappa shape index (κ3) is 4.75. The van der Waals surface area contributed by atoms with Crippen molar-refractivity contribution in [3.63, 3.8) is 0 Å². The lowest BCUT2D eigenvalue weighted by atomic mass is 10.1. The molecule has 0 radical (unpaired) electrons. The third-order valence-corrected chi connectivity index (χ3v) is 4.15. The molecular formula is C20H17ClFN3O3. The monoisotopic (exact) mass is 401 g/mol. The number of hydrogen-bond donors (Lipinski definition) is 1. The van der Waals surface area contributed by atoms with Crippen molar-refractivity contribution in [1.82, 2.24) is 9.55 Å². The number of rotatable bonds is 6. The molecule has 144 valence electrons. The van der Waals surface area contributed by atoms with E-state index in [4.69, 9.17) is 16.3 Å². The van der Waals surface area contributed by atoms with Gasteiger partial charge in [0.25, 0.3) is 5.56 Å². The predicted molar refractivity (Wildman–Crippen MR) is 105 cm³/mol. The molecule has 1 amide bonds. The lowest BCUT2D eigenvalue weighted by Gasteiger charge is -2.09. The van der Waals surface area contributed by atoms with Crippen LogP contribution in [0.25, 0.3) is 11.3 Å². The zero-order valence-electron chi connectivity index (χ0n) is 15.0. The molecule has 0 saturated carbocycles. The molecule has 28 heavy (non-hydrogen) atoms. The van der Waals surface area contributed by atoms with Crippen molar-refractivity contribution in [2.24, 2.45) is 0 Å². The Balaban J connectivity index is 1.70. The van der Waals surface area contributed by atoms with Gasteiger partial charge in [0.15, 0.2) is 0 Å². The SMILES string of the molecule is CCOc1ccc(-c2cc(=O)n(CC(=O)Nc3ccc(F)c(Cl)c3)cn2)cc1. The Kier molecular flexibility index (Phi) is 6.06. The first-order valence-corrected chi connectivity index (χ1v) is 8.88. The number of benzene rings is 2. The highest BCUT2D eigenvalue weighted by atomic mass is 35.5. The van der Waals surface area contributed by atoms with Gasteiger partial charge in [-0.3, -0.25) is 14.2 Å². The topological polar surface area (TPSA) is 73.2 Å². The molecule has 6 nitrogen and oxygen atoms in total. The fourth-order valence-electron chi connectivity index (χ4n) is 2.52. The van der Waals surface area contributed by atoms with Crippen LogP contribution in [-0.4, -0.2) is 22.1 Å². The minimum Gasteiger partial charge on any atom is -0.494 e. The van der Waals surface area contributed by atoms with Gasteiger partial charge in [-0.1, -0.05) is 11.6 Å². The molecule has 3 rings (SSSR count). The molecule has 0 aliphatic carbocycles. The van der Waals surface area contributed by atoms with E-state index in [2.05, 4.69) is 10.3 Å². The molecule has 3 aromatic rings. The summed E-state index contributed by atoms with van der Waals surface area (Å²) in [4.78, 5) is 28.7. The molecule has 0 unspecified atom stereocenters. The van der Waals surface area contributed by atoms with Crippen molar-refractivity contribution in [2.45, 2.75) is 13.5 Å².